The van der Waals surface area contributed by atoms with Crippen molar-refractivity contribution in [2.45, 2.75) is 13.2 Å². The van der Waals surface area contributed by atoms with Crippen LogP contribution >= 0.6 is 0 Å². The molecule has 0 aliphatic rings. The number of aromatic nitrogens is 2. The maximum Gasteiger partial charge on any atom is 0.272 e. The van der Waals surface area contributed by atoms with Gasteiger partial charge in [-0.15, -0.1) is 0 Å². The van der Waals surface area contributed by atoms with E-state index in [1.165, 1.54) is 10.9 Å². The fourth-order valence-electron chi connectivity index (χ4n) is 1.45. The second kappa shape index (κ2) is 4.14. The van der Waals surface area contributed by atoms with Gasteiger partial charge in [-0.3, -0.25) is 4.79 Å². The van der Waals surface area contributed by atoms with Crippen molar-refractivity contribution in [3.8, 4) is 0 Å². The van der Waals surface area contributed by atoms with Crippen LogP contribution in [0.4, 0.5) is 0 Å². The largest absolute Gasteiger partial charge is 0.391 e. The number of aromatic amines is 1. The normalized spacial score (nSPS) is 10.5. The lowest BCUT2D eigenvalue weighted by molar-refractivity contribution is 0.280. The zero-order valence-corrected chi connectivity index (χ0v) is 8.18. The van der Waals surface area contributed by atoms with Crippen molar-refractivity contribution in [2.75, 3.05) is 0 Å². The summed E-state index contributed by atoms with van der Waals surface area (Å²) >= 11 is 0. The van der Waals surface area contributed by atoms with Gasteiger partial charge in [-0.25, -0.2) is 4.68 Å². The molecule has 0 radical (unpaired) electrons. The Kier molecular flexibility index (Phi) is 2.69. The van der Waals surface area contributed by atoms with Gasteiger partial charge in [-0.2, -0.15) is 0 Å². The minimum absolute atomic E-state index is 0.165. The first-order valence-electron chi connectivity index (χ1n) is 4.73. The van der Waals surface area contributed by atoms with Crippen molar-refractivity contribution in [1.29, 1.82) is 0 Å². The SMILES string of the molecule is O=c1c(CO)c[nH]n1Cc1ccccc1. The molecule has 15 heavy (non-hydrogen) atoms. The molecule has 1 aromatic carbocycles. The second-order valence-corrected chi connectivity index (χ2v) is 3.33. The topological polar surface area (TPSA) is 58.0 Å². The average molecular weight is 204 g/mol. The van der Waals surface area contributed by atoms with Crippen LogP contribution in [0.3, 0.4) is 0 Å². The van der Waals surface area contributed by atoms with Crippen LogP contribution in [0.25, 0.3) is 0 Å². The van der Waals surface area contributed by atoms with Gasteiger partial charge in [0.2, 0.25) is 0 Å². The Labute approximate surface area is 86.8 Å². The van der Waals surface area contributed by atoms with Crippen LogP contribution < -0.4 is 5.56 Å². The molecular weight excluding hydrogens is 192 g/mol. The Balaban J connectivity index is 2.26. The lowest BCUT2D eigenvalue weighted by Gasteiger charge is -2.00. The van der Waals surface area contributed by atoms with Crippen molar-refractivity contribution in [3.63, 3.8) is 0 Å². The van der Waals surface area contributed by atoms with Gasteiger partial charge >= 0.3 is 0 Å². The van der Waals surface area contributed by atoms with Gasteiger partial charge in [0.25, 0.3) is 5.56 Å². The van der Waals surface area contributed by atoms with Crippen LogP contribution in [0.2, 0.25) is 0 Å². The van der Waals surface area contributed by atoms with Crippen LogP contribution in [0.5, 0.6) is 0 Å². The molecule has 0 saturated heterocycles. The number of aliphatic hydroxyl groups is 1. The first-order chi connectivity index (χ1) is 7.31. The van der Waals surface area contributed by atoms with E-state index in [4.69, 9.17) is 5.11 Å². The van der Waals surface area contributed by atoms with E-state index < -0.39 is 0 Å². The molecule has 0 aliphatic heterocycles. The highest BCUT2D eigenvalue weighted by molar-refractivity contribution is 5.15. The third kappa shape index (κ3) is 1.99. The van der Waals surface area contributed by atoms with Crippen LogP contribution in [-0.2, 0) is 13.2 Å². The second-order valence-electron chi connectivity index (χ2n) is 3.33. The van der Waals surface area contributed by atoms with E-state index in [1.807, 2.05) is 30.3 Å². The van der Waals surface area contributed by atoms with Crippen molar-refractivity contribution >= 4 is 0 Å². The summed E-state index contributed by atoms with van der Waals surface area (Å²) < 4.78 is 1.47. The monoisotopic (exact) mass is 204 g/mol. The number of benzene rings is 1. The minimum atomic E-state index is -0.225. The lowest BCUT2D eigenvalue weighted by atomic mass is 10.2. The number of hydrogen-bond acceptors (Lipinski definition) is 2. The third-order valence-electron chi connectivity index (χ3n) is 2.27. The summed E-state index contributed by atoms with van der Waals surface area (Å²) in [4.78, 5) is 11.6. The minimum Gasteiger partial charge on any atom is -0.391 e. The molecule has 0 fully saturated rings. The molecule has 2 aromatic rings. The predicted octanol–water partition coefficient (Wildman–Crippen LogP) is 0.717. The van der Waals surface area contributed by atoms with E-state index in [0.29, 0.717) is 12.1 Å². The zero-order chi connectivity index (χ0) is 10.7. The van der Waals surface area contributed by atoms with Gasteiger partial charge in [0.15, 0.2) is 0 Å². The summed E-state index contributed by atoms with van der Waals surface area (Å²) in [5.41, 5.74) is 1.28. The first kappa shape index (κ1) is 9.73. The van der Waals surface area contributed by atoms with E-state index in [9.17, 15) is 4.79 Å². The highest BCUT2D eigenvalue weighted by Crippen LogP contribution is 2.00. The molecule has 4 heteroatoms. The Morgan fingerprint density at radius 2 is 2.00 bits per heavy atom. The summed E-state index contributed by atoms with van der Waals surface area (Å²) in [5, 5.41) is 11.7. The van der Waals surface area contributed by atoms with Gasteiger partial charge in [0.05, 0.1) is 18.7 Å². The van der Waals surface area contributed by atoms with Crippen molar-refractivity contribution in [1.82, 2.24) is 9.78 Å². The van der Waals surface area contributed by atoms with E-state index in [2.05, 4.69) is 5.10 Å². The van der Waals surface area contributed by atoms with Crippen LogP contribution in [-0.4, -0.2) is 14.9 Å². The molecule has 1 heterocycles. The molecular formula is C11H12N2O2. The summed E-state index contributed by atoms with van der Waals surface area (Å²) in [6.07, 6.45) is 1.53. The molecule has 1 aromatic heterocycles. The van der Waals surface area contributed by atoms with Crippen molar-refractivity contribution in [3.05, 3.63) is 58.0 Å². The molecule has 0 bridgehead atoms. The molecule has 4 nitrogen and oxygen atoms in total. The molecule has 0 amide bonds. The summed E-state index contributed by atoms with van der Waals surface area (Å²) in [7, 11) is 0. The maximum atomic E-state index is 11.6. The fraction of sp³-hybridized carbons (Fsp3) is 0.182. The molecule has 2 rings (SSSR count). The quantitative estimate of drug-likeness (QED) is 0.773. The standard InChI is InChI=1S/C11H12N2O2/c14-8-10-6-12-13(11(10)15)7-9-4-2-1-3-5-9/h1-6,12,14H,7-8H2. The van der Waals surface area contributed by atoms with E-state index in [-0.39, 0.29) is 12.2 Å². The first-order valence-corrected chi connectivity index (χ1v) is 4.73. The Bertz CT molecular complexity index is 485. The van der Waals surface area contributed by atoms with Gasteiger partial charge in [-0.1, -0.05) is 30.3 Å². The highest BCUT2D eigenvalue weighted by atomic mass is 16.3. The van der Waals surface area contributed by atoms with Gasteiger partial charge < -0.3 is 10.2 Å². The molecule has 2 N–H and O–H groups in total. The summed E-state index contributed by atoms with van der Waals surface area (Å²) in [5.74, 6) is 0. The van der Waals surface area contributed by atoms with E-state index in [1.54, 1.807) is 0 Å². The smallest absolute Gasteiger partial charge is 0.272 e. The van der Waals surface area contributed by atoms with Gasteiger partial charge in [0.1, 0.15) is 0 Å². The maximum absolute atomic E-state index is 11.6. The lowest BCUT2D eigenvalue weighted by Crippen LogP contribution is -2.19. The van der Waals surface area contributed by atoms with Crippen LogP contribution in [0.1, 0.15) is 11.1 Å². The number of aliphatic hydroxyl groups excluding tert-OH is 1. The molecule has 0 unspecified atom stereocenters. The Hall–Kier alpha value is -1.81. The number of hydrogen-bond donors (Lipinski definition) is 2. The van der Waals surface area contributed by atoms with Crippen LogP contribution in [0, 0.1) is 0 Å². The number of H-pyrrole nitrogens is 1. The third-order valence-corrected chi connectivity index (χ3v) is 2.27. The molecule has 0 aliphatic carbocycles. The van der Waals surface area contributed by atoms with E-state index in [0.717, 1.165) is 5.56 Å². The average Bonchev–Trinajstić information content (AvgIpc) is 2.62. The zero-order valence-electron chi connectivity index (χ0n) is 8.18. The van der Waals surface area contributed by atoms with Crippen molar-refractivity contribution < 1.29 is 5.11 Å². The number of nitrogens with zero attached hydrogens (tertiary/aromatic N) is 1. The molecule has 0 atom stereocenters. The molecule has 78 valence electrons. The van der Waals surface area contributed by atoms with Gasteiger partial charge in [0, 0.05) is 6.20 Å². The van der Waals surface area contributed by atoms with Crippen molar-refractivity contribution in [2.24, 2.45) is 0 Å². The van der Waals surface area contributed by atoms with Crippen LogP contribution in [0.15, 0.2) is 41.3 Å². The van der Waals surface area contributed by atoms with E-state index >= 15 is 0 Å². The number of nitrogens with one attached hydrogen (secondary N) is 1. The summed E-state index contributed by atoms with van der Waals surface area (Å²) in [6, 6.07) is 9.68. The predicted molar refractivity (Wildman–Crippen MR) is 56.5 cm³/mol. The summed E-state index contributed by atoms with van der Waals surface area (Å²) in [6.45, 7) is 0.275. The Morgan fingerprint density at radius 1 is 1.27 bits per heavy atom. The van der Waals surface area contributed by atoms with Gasteiger partial charge in [-0.05, 0) is 5.56 Å². The number of rotatable bonds is 3. The Morgan fingerprint density at radius 3 is 2.60 bits per heavy atom. The molecule has 0 saturated carbocycles. The molecule has 0 spiro atoms. The highest BCUT2D eigenvalue weighted by Gasteiger charge is 2.04. The fourth-order valence-corrected chi connectivity index (χ4v) is 1.45.